The van der Waals surface area contributed by atoms with Crippen molar-refractivity contribution in [3.63, 3.8) is 0 Å². The van der Waals surface area contributed by atoms with Crippen LogP contribution in [0.4, 0.5) is 0 Å². The SMILES string of the molecule is COCC(NC(=O)C(NC(=O)CC(C)C)C(C)C)C(=O)O. The van der Waals surface area contributed by atoms with E-state index in [1.54, 1.807) is 13.8 Å². The Balaban J connectivity index is 4.75. The number of rotatable bonds is 9. The molecular formula is C14H26N2O5. The van der Waals surface area contributed by atoms with Gasteiger partial charge in [0.2, 0.25) is 11.8 Å². The monoisotopic (exact) mass is 302 g/mol. The van der Waals surface area contributed by atoms with E-state index < -0.39 is 24.0 Å². The van der Waals surface area contributed by atoms with E-state index in [1.165, 1.54) is 7.11 Å². The molecule has 2 atom stereocenters. The standard InChI is InChI=1S/C14H26N2O5/c1-8(2)6-11(17)16-12(9(3)4)13(18)15-10(7-21-5)14(19)20/h8-10,12H,6-7H2,1-5H3,(H,15,18)(H,16,17)(H,19,20). The highest BCUT2D eigenvalue weighted by molar-refractivity contribution is 5.90. The van der Waals surface area contributed by atoms with E-state index in [9.17, 15) is 14.4 Å². The van der Waals surface area contributed by atoms with E-state index in [1.807, 2.05) is 13.8 Å². The summed E-state index contributed by atoms with van der Waals surface area (Å²) in [5.74, 6) is -1.90. The van der Waals surface area contributed by atoms with Crippen LogP contribution in [0.1, 0.15) is 34.1 Å². The Morgan fingerprint density at radius 3 is 2.05 bits per heavy atom. The van der Waals surface area contributed by atoms with Crippen molar-refractivity contribution in [3.8, 4) is 0 Å². The molecule has 3 N–H and O–H groups in total. The third kappa shape index (κ3) is 7.65. The van der Waals surface area contributed by atoms with Crippen LogP contribution in [0, 0.1) is 11.8 Å². The van der Waals surface area contributed by atoms with Crippen LogP contribution in [-0.2, 0) is 19.1 Å². The van der Waals surface area contributed by atoms with Gasteiger partial charge in [-0.15, -0.1) is 0 Å². The molecule has 7 heteroatoms. The van der Waals surface area contributed by atoms with Crippen LogP contribution in [-0.4, -0.2) is 48.7 Å². The van der Waals surface area contributed by atoms with E-state index in [0.717, 1.165) is 0 Å². The van der Waals surface area contributed by atoms with Crippen LogP contribution < -0.4 is 10.6 Å². The van der Waals surface area contributed by atoms with Crippen LogP contribution in [0.15, 0.2) is 0 Å². The number of hydrogen-bond donors (Lipinski definition) is 3. The van der Waals surface area contributed by atoms with E-state index in [2.05, 4.69) is 10.6 Å². The molecule has 0 rings (SSSR count). The Morgan fingerprint density at radius 1 is 1.10 bits per heavy atom. The summed E-state index contributed by atoms with van der Waals surface area (Å²) in [6.45, 7) is 7.25. The highest BCUT2D eigenvalue weighted by atomic mass is 16.5. The molecule has 0 radical (unpaired) electrons. The van der Waals surface area contributed by atoms with Crippen molar-refractivity contribution in [2.24, 2.45) is 11.8 Å². The predicted octanol–water partition coefficient (Wildman–Crippen LogP) is 0.389. The van der Waals surface area contributed by atoms with Gasteiger partial charge in [-0.1, -0.05) is 27.7 Å². The van der Waals surface area contributed by atoms with Crippen LogP contribution >= 0.6 is 0 Å². The normalized spacial score (nSPS) is 13.9. The smallest absolute Gasteiger partial charge is 0.328 e. The van der Waals surface area contributed by atoms with E-state index in [4.69, 9.17) is 9.84 Å². The third-order valence-corrected chi connectivity index (χ3v) is 2.81. The summed E-state index contributed by atoms with van der Waals surface area (Å²) in [5, 5.41) is 14.0. The van der Waals surface area contributed by atoms with E-state index in [0.29, 0.717) is 6.42 Å². The second kappa shape index (κ2) is 9.33. The largest absolute Gasteiger partial charge is 0.480 e. The quantitative estimate of drug-likeness (QED) is 0.571. The highest BCUT2D eigenvalue weighted by Crippen LogP contribution is 2.05. The highest BCUT2D eigenvalue weighted by Gasteiger charge is 2.28. The molecule has 0 aromatic rings. The Labute approximate surface area is 125 Å². The number of carboxylic acid groups (broad SMARTS) is 1. The lowest BCUT2D eigenvalue weighted by molar-refractivity contribution is -0.144. The second-order valence-electron chi connectivity index (χ2n) is 5.74. The molecule has 2 amide bonds. The van der Waals surface area contributed by atoms with Crippen molar-refractivity contribution in [1.29, 1.82) is 0 Å². The van der Waals surface area contributed by atoms with Gasteiger partial charge in [0.05, 0.1) is 6.61 Å². The van der Waals surface area contributed by atoms with Crippen molar-refractivity contribution < 1.29 is 24.2 Å². The Morgan fingerprint density at radius 2 is 1.67 bits per heavy atom. The van der Waals surface area contributed by atoms with Crippen LogP contribution in [0.2, 0.25) is 0 Å². The minimum Gasteiger partial charge on any atom is -0.480 e. The average Bonchev–Trinajstić information content (AvgIpc) is 2.33. The number of methoxy groups -OCH3 is 1. The molecular weight excluding hydrogens is 276 g/mol. The number of carbonyl (C=O) groups is 3. The van der Waals surface area contributed by atoms with Gasteiger partial charge in [-0.25, -0.2) is 4.79 Å². The summed E-state index contributed by atoms with van der Waals surface area (Å²) in [6.07, 6.45) is 0.316. The lowest BCUT2D eigenvalue weighted by Gasteiger charge is -2.24. The summed E-state index contributed by atoms with van der Waals surface area (Å²) < 4.78 is 4.76. The van der Waals surface area contributed by atoms with Gasteiger partial charge in [0.15, 0.2) is 6.04 Å². The number of aliphatic carboxylic acids is 1. The van der Waals surface area contributed by atoms with Crippen molar-refractivity contribution >= 4 is 17.8 Å². The summed E-state index contributed by atoms with van der Waals surface area (Å²) in [5.41, 5.74) is 0. The molecule has 21 heavy (non-hydrogen) atoms. The van der Waals surface area contributed by atoms with Gasteiger partial charge >= 0.3 is 5.97 Å². The molecule has 0 aromatic heterocycles. The molecule has 122 valence electrons. The van der Waals surface area contributed by atoms with Crippen LogP contribution in [0.3, 0.4) is 0 Å². The third-order valence-electron chi connectivity index (χ3n) is 2.81. The van der Waals surface area contributed by atoms with Crippen molar-refractivity contribution in [3.05, 3.63) is 0 Å². The lowest BCUT2D eigenvalue weighted by atomic mass is 10.0. The number of nitrogens with one attached hydrogen (secondary N) is 2. The van der Waals surface area contributed by atoms with Gasteiger partial charge in [-0.05, 0) is 11.8 Å². The minimum atomic E-state index is -1.18. The Kier molecular flexibility index (Phi) is 8.61. The molecule has 0 saturated heterocycles. The minimum absolute atomic E-state index is 0.133. The Hall–Kier alpha value is -1.63. The Bertz CT molecular complexity index is 368. The fourth-order valence-corrected chi connectivity index (χ4v) is 1.74. The summed E-state index contributed by atoms with van der Waals surface area (Å²) in [4.78, 5) is 34.9. The molecule has 0 aliphatic carbocycles. The van der Waals surface area contributed by atoms with Gasteiger partial charge in [0, 0.05) is 13.5 Å². The number of hydrogen-bond acceptors (Lipinski definition) is 4. The first-order chi connectivity index (χ1) is 9.68. The number of carbonyl (C=O) groups excluding carboxylic acids is 2. The molecule has 0 saturated carbocycles. The molecule has 7 nitrogen and oxygen atoms in total. The summed E-state index contributed by atoms with van der Waals surface area (Å²) >= 11 is 0. The predicted molar refractivity (Wildman–Crippen MR) is 77.7 cm³/mol. The topological polar surface area (TPSA) is 105 Å². The van der Waals surface area contributed by atoms with E-state index in [-0.39, 0.29) is 24.3 Å². The van der Waals surface area contributed by atoms with Crippen molar-refractivity contribution in [2.75, 3.05) is 13.7 Å². The number of ether oxygens (including phenoxy) is 1. The second-order valence-corrected chi connectivity index (χ2v) is 5.74. The zero-order chi connectivity index (χ0) is 16.6. The molecule has 0 spiro atoms. The average molecular weight is 302 g/mol. The fourth-order valence-electron chi connectivity index (χ4n) is 1.74. The molecule has 0 aliphatic heterocycles. The van der Waals surface area contributed by atoms with Gasteiger partial charge in [0.25, 0.3) is 0 Å². The zero-order valence-electron chi connectivity index (χ0n) is 13.3. The molecule has 2 unspecified atom stereocenters. The van der Waals surface area contributed by atoms with Gasteiger partial charge < -0.3 is 20.5 Å². The van der Waals surface area contributed by atoms with Gasteiger partial charge in [-0.3, -0.25) is 9.59 Å². The number of carboxylic acids is 1. The van der Waals surface area contributed by atoms with Crippen molar-refractivity contribution in [1.82, 2.24) is 10.6 Å². The fraction of sp³-hybridized carbons (Fsp3) is 0.786. The molecule has 0 heterocycles. The molecule has 0 fully saturated rings. The van der Waals surface area contributed by atoms with E-state index >= 15 is 0 Å². The molecule has 0 aliphatic rings. The van der Waals surface area contributed by atoms with Crippen molar-refractivity contribution in [2.45, 2.75) is 46.2 Å². The first-order valence-corrected chi connectivity index (χ1v) is 7.00. The van der Waals surface area contributed by atoms with Gasteiger partial charge in [0.1, 0.15) is 6.04 Å². The summed E-state index contributed by atoms with van der Waals surface area (Å²) in [6, 6.07) is -1.90. The maximum Gasteiger partial charge on any atom is 0.328 e. The number of amides is 2. The maximum absolute atomic E-state index is 12.2. The maximum atomic E-state index is 12.2. The zero-order valence-corrected chi connectivity index (χ0v) is 13.3. The first kappa shape index (κ1) is 19.4. The molecule has 0 aromatic carbocycles. The molecule has 0 bridgehead atoms. The van der Waals surface area contributed by atoms with Crippen LogP contribution in [0.25, 0.3) is 0 Å². The lowest BCUT2D eigenvalue weighted by Crippen LogP contribution is -2.54. The first-order valence-electron chi connectivity index (χ1n) is 7.00. The van der Waals surface area contributed by atoms with Gasteiger partial charge in [-0.2, -0.15) is 0 Å². The summed E-state index contributed by atoms with van der Waals surface area (Å²) in [7, 11) is 1.35. The van der Waals surface area contributed by atoms with Crippen LogP contribution in [0.5, 0.6) is 0 Å².